The summed E-state index contributed by atoms with van der Waals surface area (Å²) in [4.78, 5) is 13.9. The molecule has 0 spiro atoms. The van der Waals surface area contributed by atoms with E-state index in [-0.39, 0.29) is 24.0 Å². The van der Waals surface area contributed by atoms with Gasteiger partial charge in [-0.05, 0) is 25.7 Å². The van der Waals surface area contributed by atoms with E-state index >= 15 is 0 Å². The van der Waals surface area contributed by atoms with Gasteiger partial charge in [-0.1, -0.05) is 6.92 Å². The number of hydrogen-bond donors (Lipinski definition) is 1. The van der Waals surface area contributed by atoms with Crippen molar-refractivity contribution in [1.29, 1.82) is 0 Å². The summed E-state index contributed by atoms with van der Waals surface area (Å²) in [6, 6.07) is 0.195. The van der Waals surface area contributed by atoms with Gasteiger partial charge in [0.1, 0.15) is 0 Å². The molecular formula is C13H23NO3. The second-order valence-electron chi connectivity index (χ2n) is 5.57. The summed E-state index contributed by atoms with van der Waals surface area (Å²) >= 11 is 0. The highest BCUT2D eigenvalue weighted by atomic mass is 16.5. The smallest absolute Gasteiger partial charge is 0.309 e. The van der Waals surface area contributed by atoms with E-state index in [2.05, 4.69) is 11.8 Å². The lowest BCUT2D eigenvalue weighted by Crippen LogP contribution is -2.40. The molecule has 2 rings (SSSR count). The third kappa shape index (κ3) is 2.33. The Morgan fingerprint density at radius 3 is 2.65 bits per heavy atom. The van der Waals surface area contributed by atoms with Crippen LogP contribution in [0.3, 0.4) is 0 Å². The predicted molar refractivity (Wildman–Crippen MR) is 64.4 cm³/mol. The maximum absolute atomic E-state index is 11.5. The van der Waals surface area contributed by atoms with E-state index in [1.54, 1.807) is 0 Å². The highest BCUT2D eigenvalue weighted by Crippen LogP contribution is 2.39. The second-order valence-corrected chi connectivity index (χ2v) is 5.57. The summed E-state index contributed by atoms with van der Waals surface area (Å²) in [5, 5.41) is 9.87. The van der Waals surface area contributed by atoms with Crippen LogP contribution in [-0.4, -0.2) is 48.3 Å². The Morgan fingerprint density at radius 1 is 1.35 bits per heavy atom. The van der Waals surface area contributed by atoms with Crippen molar-refractivity contribution < 1.29 is 14.6 Å². The Morgan fingerprint density at radius 2 is 2.06 bits per heavy atom. The monoisotopic (exact) mass is 241 g/mol. The number of methoxy groups -OCH3 is 1. The van der Waals surface area contributed by atoms with Crippen LogP contribution in [0.5, 0.6) is 0 Å². The van der Waals surface area contributed by atoms with E-state index in [0.29, 0.717) is 11.8 Å². The molecule has 1 saturated heterocycles. The van der Waals surface area contributed by atoms with Gasteiger partial charge in [0.2, 0.25) is 0 Å². The largest absolute Gasteiger partial charge is 0.469 e. The standard InChI is InChI=1S/C13H23NO3/c1-8(13(16)17-3)9(2)14-6-10-4-5-12(15)11(10)7-14/h8-12,15H,4-7H2,1-3H3. The number of aliphatic hydroxyl groups is 1. The average Bonchev–Trinajstić information content (AvgIpc) is 2.89. The van der Waals surface area contributed by atoms with Crippen LogP contribution < -0.4 is 0 Å². The van der Waals surface area contributed by atoms with Gasteiger partial charge in [0, 0.05) is 25.0 Å². The third-order valence-corrected chi connectivity index (χ3v) is 4.72. The van der Waals surface area contributed by atoms with Gasteiger partial charge in [-0.15, -0.1) is 0 Å². The Balaban J connectivity index is 1.94. The molecule has 0 amide bonds. The summed E-state index contributed by atoms with van der Waals surface area (Å²) in [5.41, 5.74) is 0. The molecule has 4 heteroatoms. The summed E-state index contributed by atoms with van der Waals surface area (Å²) in [7, 11) is 1.44. The first-order valence-corrected chi connectivity index (χ1v) is 6.54. The molecule has 98 valence electrons. The Kier molecular flexibility index (Phi) is 3.73. The van der Waals surface area contributed by atoms with Crippen LogP contribution in [-0.2, 0) is 9.53 Å². The van der Waals surface area contributed by atoms with Gasteiger partial charge in [0.25, 0.3) is 0 Å². The van der Waals surface area contributed by atoms with Gasteiger partial charge in [-0.3, -0.25) is 9.69 Å². The van der Waals surface area contributed by atoms with Crippen molar-refractivity contribution in [2.45, 2.75) is 38.8 Å². The highest BCUT2D eigenvalue weighted by molar-refractivity contribution is 5.72. The van der Waals surface area contributed by atoms with Crippen molar-refractivity contribution in [2.24, 2.45) is 17.8 Å². The summed E-state index contributed by atoms with van der Waals surface area (Å²) in [6.45, 7) is 5.94. The Bertz CT molecular complexity index is 294. The molecule has 1 aliphatic carbocycles. The fourth-order valence-electron chi connectivity index (χ4n) is 3.30. The van der Waals surface area contributed by atoms with E-state index in [1.165, 1.54) is 7.11 Å². The number of likely N-dealkylation sites (tertiary alicyclic amines) is 1. The number of fused-ring (bicyclic) bond motifs is 1. The molecule has 1 N–H and O–H groups in total. The first-order valence-electron chi connectivity index (χ1n) is 6.54. The predicted octanol–water partition coefficient (Wildman–Crippen LogP) is 0.887. The molecule has 0 bridgehead atoms. The van der Waals surface area contributed by atoms with Crippen LogP contribution in [0.4, 0.5) is 0 Å². The van der Waals surface area contributed by atoms with E-state index in [9.17, 15) is 9.90 Å². The van der Waals surface area contributed by atoms with Gasteiger partial charge in [0.05, 0.1) is 19.1 Å². The number of rotatable bonds is 3. The maximum Gasteiger partial charge on any atom is 0.309 e. The van der Waals surface area contributed by atoms with E-state index in [4.69, 9.17) is 4.74 Å². The van der Waals surface area contributed by atoms with Gasteiger partial charge in [-0.2, -0.15) is 0 Å². The van der Waals surface area contributed by atoms with Gasteiger partial charge in [-0.25, -0.2) is 0 Å². The molecule has 2 aliphatic rings. The normalized spacial score (nSPS) is 36.6. The molecule has 1 saturated carbocycles. The van der Waals surface area contributed by atoms with Crippen molar-refractivity contribution in [2.75, 3.05) is 20.2 Å². The minimum Gasteiger partial charge on any atom is -0.469 e. The van der Waals surface area contributed by atoms with Crippen LogP contribution in [0.15, 0.2) is 0 Å². The van der Waals surface area contributed by atoms with Gasteiger partial charge >= 0.3 is 5.97 Å². The van der Waals surface area contributed by atoms with Crippen molar-refractivity contribution in [3.05, 3.63) is 0 Å². The van der Waals surface area contributed by atoms with E-state index in [1.807, 2.05) is 6.92 Å². The van der Waals surface area contributed by atoms with Crippen molar-refractivity contribution >= 4 is 5.97 Å². The summed E-state index contributed by atoms with van der Waals surface area (Å²) in [5.74, 6) is 0.797. The quantitative estimate of drug-likeness (QED) is 0.745. The fraction of sp³-hybridized carbons (Fsp3) is 0.923. The van der Waals surface area contributed by atoms with Crippen molar-refractivity contribution in [3.8, 4) is 0 Å². The Labute approximate surface area is 103 Å². The second kappa shape index (κ2) is 4.94. The number of aliphatic hydroxyl groups excluding tert-OH is 1. The van der Waals surface area contributed by atoms with Gasteiger partial charge in [0.15, 0.2) is 0 Å². The minimum absolute atomic E-state index is 0.101. The van der Waals surface area contributed by atoms with E-state index in [0.717, 1.165) is 25.9 Å². The molecule has 2 fully saturated rings. The van der Waals surface area contributed by atoms with E-state index < -0.39 is 0 Å². The molecule has 1 heterocycles. The van der Waals surface area contributed by atoms with Gasteiger partial charge < -0.3 is 9.84 Å². The third-order valence-electron chi connectivity index (χ3n) is 4.72. The van der Waals surface area contributed by atoms with Crippen LogP contribution in [0.1, 0.15) is 26.7 Å². The SMILES string of the molecule is COC(=O)C(C)C(C)N1CC2CCC(O)C2C1. The zero-order valence-corrected chi connectivity index (χ0v) is 10.9. The fourth-order valence-corrected chi connectivity index (χ4v) is 3.30. The molecule has 0 aromatic carbocycles. The van der Waals surface area contributed by atoms with Crippen LogP contribution in [0.2, 0.25) is 0 Å². The first-order chi connectivity index (χ1) is 8.04. The minimum atomic E-state index is -0.143. The zero-order chi connectivity index (χ0) is 12.6. The summed E-state index contributed by atoms with van der Waals surface area (Å²) < 4.78 is 4.79. The molecule has 17 heavy (non-hydrogen) atoms. The molecule has 0 aromatic heterocycles. The molecule has 1 aliphatic heterocycles. The Hall–Kier alpha value is -0.610. The molecule has 0 aromatic rings. The van der Waals surface area contributed by atoms with Crippen LogP contribution in [0.25, 0.3) is 0 Å². The van der Waals surface area contributed by atoms with Crippen molar-refractivity contribution in [1.82, 2.24) is 4.90 Å². The number of carbonyl (C=O) groups is 1. The number of esters is 1. The molecule has 5 atom stereocenters. The van der Waals surface area contributed by atoms with Crippen molar-refractivity contribution in [3.63, 3.8) is 0 Å². The summed E-state index contributed by atoms with van der Waals surface area (Å²) in [6.07, 6.45) is 1.94. The highest BCUT2D eigenvalue weighted by Gasteiger charge is 2.44. The van der Waals surface area contributed by atoms with Crippen LogP contribution in [0, 0.1) is 17.8 Å². The van der Waals surface area contributed by atoms with Crippen LogP contribution >= 0.6 is 0 Å². The average molecular weight is 241 g/mol. The number of ether oxygens (including phenoxy) is 1. The molecule has 5 unspecified atom stereocenters. The first kappa shape index (κ1) is 12.8. The molecular weight excluding hydrogens is 218 g/mol. The molecule has 4 nitrogen and oxygen atoms in total. The lowest BCUT2D eigenvalue weighted by Gasteiger charge is -2.29. The molecule has 0 radical (unpaired) electrons. The zero-order valence-electron chi connectivity index (χ0n) is 10.9. The number of nitrogens with zero attached hydrogens (tertiary/aromatic N) is 1. The lowest BCUT2D eigenvalue weighted by atomic mass is 9.99. The maximum atomic E-state index is 11.5. The lowest BCUT2D eigenvalue weighted by molar-refractivity contribution is -0.146. The number of carbonyl (C=O) groups excluding carboxylic acids is 1. The number of hydrogen-bond acceptors (Lipinski definition) is 4. The topological polar surface area (TPSA) is 49.8 Å².